The molecule has 0 amide bonds. The van der Waals surface area contributed by atoms with E-state index in [1.54, 1.807) is 6.92 Å². The van der Waals surface area contributed by atoms with Gasteiger partial charge in [-0.2, -0.15) is 0 Å². The largest absolute Gasteiger partial charge is 0.299 e. The molecule has 0 heterocycles. The van der Waals surface area contributed by atoms with Gasteiger partial charge in [0.05, 0.1) is 5.41 Å². The number of hydrogen-bond donors (Lipinski definition) is 0. The molecule has 2 rings (SSSR count). The monoisotopic (exact) mass is 210 g/mol. The van der Waals surface area contributed by atoms with Gasteiger partial charge < -0.3 is 0 Å². The van der Waals surface area contributed by atoms with Gasteiger partial charge in [-0.1, -0.05) is 6.07 Å². The Hall–Kier alpha value is -1.25. The summed E-state index contributed by atoms with van der Waals surface area (Å²) in [5, 5.41) is 0. The number of halogens is 2. The fraction of sp³-hybridized carbons (Fsp3) is 0.417. The Balaban J connectivity index is 2.62. The number of carbonyl (C=O) groups excluding carboxylic acids is 1. The molecule has 0 unspecified atom stereocenters. The van der Waals surface area contributed by atoms with Crippen LogP contribution in [0.2, 0.25) is 0 Å². The second-order valence-electron chi connectivity index (χ2n) is 4.19. The molecule has 1 aliphatic carbocycles. The Bertz CT molecular complexity index is 433. The molecule has 0 bridgehead atoms. The van der Waals surface area contributed by atoms with Crippen molar-refractivity contribution in [2.45, 2.75) is 32.1 Å². The topological polar surface area (TPSA) is 17.1 Å². The normalized spacial score (nSPS) is 17.6. The van der Waals surface area contributed by atoms with Crippen LogP contribution in [0.5, 0.6) is 0 Å². The van der Waals surface area contributed by atoms with Gasteiger partial charge in [-0.3, -0.25) is 4.79 Å². The lowest BCUT2D eigenvalue weighted by molar-refractivity contribution is -0.119. The van der Waals surface area contributed by atoms with E-state index in [0.29, 0.717) is 18.4 Å². The van der Waals surface area contributed by atoms with E-state index in [-0.39, 0.29) is 11.3 Å². The average molecular weight is 210 g/mol. The predicted octanol–water partition coefficient (Wildman–Crippen LogP) is 2.89. The van der Waals surface area contributed by atoms with Crippen LogP contribution in [0.15, 0.2) is 12.1 Å². The summed E-state index contributed by atoms with van der Waals surface area (Å²) in [7, 11) is 0. The van der Waals surface area contributed by atoms with Crippen molar-refractivity contribution in [1.29, 1.82) is 0 Å². The second-order valence-corrected chi connectivity index (χ2v) is 4.19. The Morgan fingerprint density at radius 2 is 1.93 bits per heavy atom. The minimum absolute atomic E-state index is 0.0324. The number of Topliss-reactive ketones (excluding diaryl/α,β-unsaturated/α-hetero) is 1. The van der Waals surface area contributed by atoms with Crippen molar-refractivity contribution in [2.24, 2.45) is 0 Å². The lowest BCUT2D eigenvalue weighted by Crippen LogP contribution is -2.21. The van der Waals surface area contributed by atoms with Crippen molar-refractivity contribution in [3.63, 3.8) is 0 Å². The fourth-order valence-corrected chi connectivity index (χ4v) is 2.00. The van der Waals surface area contributed by atoms with Gasteiger partial charge in [0.2, 0.25) is 0 Å². The molecule has 0 aliphatic heterocycles. The first kappa shape index (κ1) is 10.3. The van der Waals surface area contributed by atoms with Crippen molar-refractivity contribution in [3.05, 3.63) is 34.9 Å². The number of rotatable bonds is 2. The standard InChI is InChI=1S/C12H12F2O/c1-7-3-4-9(13)10(11(7)14)12(5-6-12)8(2)15/h3-4H,5-6H2,1-2H3. The molecule has 80 valence electrons. The van der Waals surface area contributed by atoms with E-state index in [0.717, 1.165) is 0 Å². The maximum Gasteiger partial charge on any atom is 0.140 e. The summed E-state index contributed by atoms with van der Waals surface area (Å²) in [4.78, 5) is 11.4. The Morgan fingerprint density at radius 1 is 1.33 bits per heavy atom. The van der Waals surface area contributed by atoms with Gasteiger partial charge in [-0.15, -0.1) is 0 Å². The minimum atomic E-state index is -0.875. The molecular weight excluding hydrogens is 198 g/mol. The third-order valence-electron chi connectivity index (χ3n) is 3.19. The summed E-state index contributed by atoms with van der Waals surface area (Å²) in [6.07, 6.45) is 1.11. The Labute approximate surface area is 87.1 Å². The lowest BCUT2D eigenvalue weighted by atomic mass is 9.90. The zero-order chi connectivity index (χ0) is 11.2. The molecule has 0 radical (unpaired) electrons. The summed E-state index contributed by atoms with van der Waals surface area (Å²) in [5.41, 5.74) is -0.519. The third kappa shape index (κ3) is 1.37. The SMILES string of the molecule is CC(=O)C1(c2c(F)ccc(C)c2F)CC1. The minimum Gasteiger partial charge on any atom is -0.299 e. The number of carbonyl (C=O) groups is 1. The van der Waals surface area contributed by atoms with Gasteiger partial charge >= 0.3 is 0 Å². The van der Waals surface area contributed by atoms with Crippen LogP contribution in [-0.2, 0) is 10.2 Å². The molecule has 1 aromatic carbocycles. The summed E-state index contributed by atoms with van der Waals surface area (Å²) in [6.45, 7) is 2.97. The summed E-state index contributed by atoms with van der Waals surface area (Å²) in [5.74, 6) is -1.32. The molecule has 0 aromatic heterocycles. The van der Waals surface area contributed by atoms with Crippen molar-refractivity contribution >= 4 is 5.78 Å². The van der Waals surface area contributed by atoms with Gasteiger partial charge in [-0.05, 0) is 38.3 Å². The van der Waals surface area contributed by atoms with Crippen LogP contribution in [0.1, 0.15) is 30.9 Å². The molecule has 15 heavy (non-hydrogen) atoms. The van der Waals surface area contributed by atoms with Crippen LogP contribution < -0.4 is 0 Å². The first-order chi connectivity index (χ1) is 6.99. The predicted molar refractivity (Wildman–Crippen MR) is 52.7 cm³/mol. The first-order valence-corrected chi connectivity index (χ1v) is 4.95. The highest BCUT2D eigenvalue weighted by molar-refractivity contribution is 5.91. The third-order valence-corrected chi connectivity index (χ3v) is 3.19. The van der Waals surface area contributed by atoms with Gasteiger partial charge in [0.25, 0.3) is 0 Å². The molecule has 1 aliphatic rings. The summed E-state index contributed by atoms with van der Waals surface area (Å²) >= 11 is 0. The molecule has 0 atom stereocenters. The van der Waals surface area contributed by atoms with E-state index in [9.17, 15) is 13.6 Å². The highest BCUT2D eigenvalue weighted by atomic mass is 19.1. The molecule has 1 nitrogen and oxygen atoms in total. The second kappa shape index (κ2) is 3.12. The van der Waals surface area contributed by atoms with Crippen molar-refractivity contribution in [1.82, 2.24) is 0 Å². The Kier molecular flexibility index (Phi) is 2.14. The number of ketones is 1. The number of aryl methyl sites for hydroxylation is 1. The van der Waals surface area contributed by atoms with E-state index in [1.807, 2.05) is 0 Å². The first-order valence-electron chi connectivity index (χ1n) is 4.95. The van der Waals surface area contributed by atoms with Crippen LogP contribution in [0.25, 0.3) is 0 Å². The van der Waals surface area contributed by atoms with E-state index < -0.39 is 17.0 Å². The molecule has 0 N–H and O–H groups in total. The van der Waals surface area contributed by atoms with Gasteiger partial charge in [0, 0.05) is 5.56 Å². The maximum atomic E-state index is 13.8. The van der Waals surface area contributed by atoms with Crippen LogP contribution in [0.4, 0.5) is 8.78 Å². The van der Waals surface area contributed by atoms with E-state index in [4.69, 9.17) is 0 Å². The molecule has 1 saturated carbocycles. The lowest BCUT2D eigenvalue weighted by Gasteiger charge is -2.15. The van der Waals surface area contributed by atoms with E-state index in [1.165, 1.54) is 19.1 Å². The van der Waals surface area contributed by atoms with Crippen LogP contribution in [0, 0.1) is 18.6 Å². The van der Waals surface area contributed by atoms with Gasteiger partial charge in [-0.25, -0.2) is 8.78 Å². The molecule has 1 aromatic rings. The molecule has 0 spiro atoms. The van der Waals surface area contributed by atoms with Gasteiger partial charge in [0.1, 0.15) is 17.4 Å². The molecule has 1 fully saturated rings. The fourth-order valence-electron chi connectivity index (χ4n) is 2.00. The Morgan fingerprint density at radius 3 is 2.40 bits per heavy atom. The van der Waals surface area contributed by atoms with Crippen molar-refractivity contribution < 1.29 is 13.6 Å². The summed E-state index contributed by atoms with van der Waals surface area (Å²) in [6, 6.07) is 2.63. The molecular formula is C12H12F2O. The quantitative estimate of drug-likeness (QED) is 0.733. The van der Waals surface area contributed by atoms with Gasteiger partial charge in [0.15, 0.2) is 0 Å². The van der Waals surface area contributed by atoms with Crippen LogP contribution in [0.3, 0.4) is 0 Å². The number of hydrogen-bond acceptors (Lipinski definition) is 1. The average Bonchev–Trinajstić information content (AvgIpc) is 2.93. The van der Waals surface area contributed by atoms with Crippen molar-refractivity contribution in [3.8, 4) is 0 Å². The summed E-state index contributed by atoms with van der Waals surface area (Å²) < 4.78 is 27.3. The maximum absolute atomic E-state index is 13.8. The molecule has 3 heteroatoms. The highest BCUT2D eigenvalue weighted by Gasteiger charge is 2.52. The van der Waals surface area contributed by atoms with E-state index in [2.05, 4.69) is 0 Å². The van der Waals surface area contributed by atoms with Crippen LogP contribution in [-0.4, -0.2) is 5.78 Å². The van der Waals surface area contributed by atoms with E-state index >= 15 is 0 Å². The highest BCUT2D eigenvalue weighted by Crippen LogP contribution is 2.50. The zero-order valence-electron chi connectivity index (χ0n) is 8.73. The smallest absolute Gasteiger partial charge is 0.140 e. The van der Waals surface area contributed by atoms with Crippen molar-refractivity contribution in [2.75, 3.05) is 0 Å². The van der Waals surface area contributed by atoms with Crippen LogP contribution >= 0.6 is 0 Å². The number of benzene rings is 1. The molecule has 0 saturated heterocycles. The zero-order valence-corrected chi connectivity index (χ0v) is 8.73.